The number of amides is 3. The molecule has 2 N–H and O–H groups in total. The number of nitrogens with zero attached hydrogens (tertiary/aromatic N) is 1. The van der Waals surface area contributed by atoms with Gasteiger partial charge >= 0.3 is 6.03 Å². The zero-order valence-corrected chi connectivity index (χ0v) is 15.0. The highest BCUT2D eigenvalue weighted by atomic mass is 16.5. The molecular formula is C19H27N3O3. The van der Waals surface area contributed by atoms with Gasteiger partial charge in [-0.25, -0.2) is 4.79 Å². The van der Waals surface area contributed by atoms with Gasteiger partial charge in [0.05, 0.1) is 13.2 Å². The van der Waals surface area contributed by atoms with Crippen molar-refractivity contribution in [2.45, 2.75) is 39.2 Å². The second-order valence-electron chi connectivity index (χ2n) is 7.14. The molecule has 0 radical (unpaired) electrons. The molecule has 1 saturated heterocycles. The van der Waals surface area contributed by atoms with E-state index in [0.29, 0.717) is 12.0 Å². The van der Waals surface area contributed by atoms with Crippen molar-refractivity contribution >= 4 is 17.6 Å². The van der Waals surface area contributed by atoms with E-state index in [4.69, 9.17) is 4.74 Å². The highest BCUT2D eigenvalue weighted by Crippen LogP contribution is 2.28. The standard InChI is InChI=1S/C19H27N3O3/c1-13-4-3-5-17(14(13)2)20-19(24)21-18(23)11-22(16-6-7-16)10-15-8-9-25-12-15/h3-5,15-16H,6-12H2,1-2H3,(H2,20,21,23,24). The van der Waals surface area contributed by atoms with Crippen molar-refractivity contribution in [2.24, 2.45) is 5.92 Å². The van der Waals surface area contributed by atoms with Crippen LogP contribution in [0.3, 0.4) is 0 Å². The summed E-state index contributed by atoms with van der Waals surface area (Å²) in [6, 6.07) is 5.72. The first kappa shape index (κ1) is 17.9. The second-order valence-corrected chi connectivity index (χ2v) is 7.14. The van der Waals surface area contributed by atoms with E-state index in [1.54, 1.807) is 0 Å². The van der Waals surface area contributed by atoms with Gasteiger partial charge in [0, 0.05) is 24.9 Å². The van der Waals surface area contributed by atoms with E-state index in [1.165, 1.54) is 0 Å². The minimum Gasteiger partial charge on any atom is -0.381 e. The number of carbonyl (C=O) groups excluding carboxylic acids is 2. The van der Waals surface area contributed by atoms with Gasteiger partial charge in [-0.3, -0.25) is 15.0 Å². The summed E-state index contributed by atoms with van der Waals surface area (Å²) >= 11 is 0. The number of imide groups is 1. The number of nitrogens with one attached hydrogen (secondary N) is 2. The van der Waals surface area contributed by atoms with Gasteiger partial charge in [0.1, 0.15) is 0 Å². The lowest BCUT2D eigenvalue weighted by Gasteiger charge is -2.24. The third-order valence-corrected chi connectivity index (χ3v) is 5.03. The average molecular weight is 345 g/mol. The number of benzene rings is 1. The number of anilines is 1. The second kappa shape index (κ2) is 7.97. The topological polar surface area (TPSA) is 70.7 Å². The molecule has 1 heterocycles. The quantitative estimate of drug-likeness (QED) is 0.831. The van der Waals surface area contributed by atoms with Crippen LogP contribution in [-0.4, -0.2) is 49.2 Å². The molecule has 1 aromatic carbocycles. The van der Waals surface area contributed by atoms with Crippen molar-refractivity contribution < 1.29 is 14.3 Å². The van der Waals surface area contributed by atoms with E-state index >= 15 is 0 Å². The predicted octanol–water partition coefficient (Wildman–Crippen LogP) is 2.45. The minimum atomic E-state index is -0.473. The molecule has 1 aliphatic heterocycles. The van der Waals surface area contributed by atoms with Crippen LogP contribution >= 0.6 is 0 Å². The van der Waals surface area contributed by atoms with Gasteiger partial charge in [0.25, 0.3) is 0 Å². The Balaban J connectivity index is 1.50. The SMILES string of the molecule is Cc1cccc(NC(=O)NC(=O)CN(CC2CCOC2)C2CC2)c1C. The maximum Gasteiger partial charge on any atom is 0.325 e. The molecular weight excluding hydrogens is 318 g/mol. The Labute approximate surface area is 148 Å². The van der Waals surface area contributed by atoms with Crippen LogP contribution in [0, 0.1) is 19.8 Å². The number of hydrogen-bond donors (Lipinski definition) is 2. The molecule has 2 aliphatic rings. The molecule has 0 spiro atoms. The molecule has 1 unspecified atom stereocenters. The summed E-state index contributed by atoms with van der Waals surface area (Å²) in [5.41, 5.74) is 2.83. The minimum absolute atomic E-state index is 0.256. The van der Waals surface area contributed by atoms with Crippen molar-refractivity contribution in [3.8, 4) is 0 Å². The van der Waals surface area contributed by atoms with Crippen LogP contribution in [0.1, 0.15) is 30.4 Å². The molecule has 3 amide bonds. The van der Waals surface area contributed by atoms with E-state index in [2.05, 4.69) is 15.5 Å². The van der Waals surface area contributed by atoms with Crippen LogP contribution in [0.4, 0.5) is 10.5 Å². The van der Waals surface area contributed by atoms with Crippen molar-refractivity contribution in [1.82, 2.24) is 10.2 Å². The third kappa shape index (κ3) is 5.03. The Morgan fingerprint density at radius 1 is 1.24 bits per heavy atom. The predicted molar refractivity (Wildman–Crippen MR) is 96.6 cm³/mol. The van der Waals surface area contributed by atoms with Gasteiger partial charge in [0.2, 0.25) is 5.91 Å². The molecule has 0 bridgehead atoms. The molecule has 1 aromatic rings. The van der Waals surface area contributed by atoms with Gasteiger partial charge < -0.3 is 10.1 Å². The summed E-state index contributed by atoms with van der Waals surface area (Å²) in [4.78, 5) is 26.6. The molecule has 6 nitrogen and oxygen atoms in total. The first-order valence-electron chi connectivity index (χ1n) is 9.02. The zero-order valence-electron chi connectivity index (χ0n) is 15.0. The Kier molecular flexibility index (Phi) is 5.71. The van der Waals surface area contributed by atoms with E-state index in [0.717, 1.165) is 55.8 Å². The molecule has 1 saturated carbocycles. The first-order valence-corrected chi connectivity index (χ1v) is 9.02. The van der Waals surface area contributed by atoms with Crippen LogP contribution in [0.25, 0.3) is 0 Å². The van der Waals surface area contributed by atoms with Gasteiger partial charge in [0.15, 0.2) is 0 Å². The molecule has 1 atom stereocenters. The third-order valence-electron chi connectivity index (χ3n) is 5.03. The Bertz CT molecular complexity index is 637. The van der Waals surface area contributed by atoms with E-state index in [9.17, 15) is 9.59 Å². The Hall–Kier alpha value is -1.92. The summed E-state index contributed by atoms with van der Waals surface area (Å²) in [5.74, 6) is 0.241. The lowest BCUT2D eigenvalue weighted by molar-refractivity contribution is -0.121. The fourth-order valence-corrected chi connectivity index (χ4v) is 3.23. The fourth-order valence-electron chi connectivity index (χ4n) is 3.23. The molecule has 2 fully saturated rings. The Morgan fingerprint density at radius 3 is 2.72 bits per heavy atom. The Morgan fingerprint density at radius 2 is 2.04 bits per heavy atom. The maximum atomic E-state index is 12.3. The average Bonchev–Trinajstić information content (AvgIpc) is 3.29. The van der Waals surface area contributed by atoms with Gasteiger partial charge in [-0.2, -0.15) is 0 Å². The summed E-state index contributed by atoms with van der Waals surface area (Å²) in [6.45, 7) is 6.67. The normalized spacial score (nSPS) is 19.9. The van der Waals surface area contributed by atoms with Crippen molar-refractivity contribution in [1.29, 1.82) is 0 Å². The lowest BCUT2D eigenvalue weighted by atomic mass is 10.1. The molecule has 3 rings (SSSR count). The van der Waals surface area contributed by atoms with Crippen LogP contribution < -0.4 is 10.6 Å². The highest BCUT2D eigenvalue weighted by Gasteiger charge is 2.32. The van der Waals surface area contributed by atoms with Crippen molar-refractivity contribution in [3.05, 3.63) is 29.3 Å². The molecule has 0 aromatic heterocycles. The number of carbonyl (C=O) groups is 2. The molecule has 136 valence electrons. The molecule has 25 heavy (non-hydrogen) atoms. The highest BCUT2D eigenvalue weighted by molar-refractivity contribution is 6.02. The first-order chi connectivity index (χ1) is 12.0. The van der Waals surface area contributed by atoms with Crippen LogP contribution in [0.15, 0.2) is 18.2 Å². The van der Waals surface area contributed by atoms with Gasteiger partial charge in [-0.1, -0.05) is 12.1 Å². The van der Waals surface area contributed by atoms with E-state index < -0.39 is 6.03 Å². The summed E-state index contributed by atoms with van der Waals surface area (Å²) < 4.78 is 5.42. The molecule has 6 heteroatoms. The number of rotatable bonds is 6. The van der Waals surface area contributed by atoms with E-state index in [-0.39, 0.29) is 12.5 Å². The fraction of sp³-hybridized carbons (Fsp3) is 0.579. The summed E-state index contributed by atoms with van der Waals surface area (Å²) in [5, 5.41) is 5.21. The number of urea groups is 1. The van der Waals surface area contributed by atoms with Gasteiger partial charge in [-0.15, -0.1) is 0 Å². The van der Waals surface area contributed by atoms with Crippen LogP contribution in [0.5, 0.6) is 0 Å². The van der Waals surface area contributed by atoms with Crippen molar-refractivity contribution in [2.75, 3.05) is 31.6 Å². The number of aryl methyl sites for hydroxylation is 1. The summed E-state index contributed by atoms with van der Waals surface area (Å²) in [7, 11) is 0. The zero-order chi connectivity index (χ0) is 17.8. The lowest BCUT2D eigenvalue weighted by Crippen LogP contribution is -2.44. The summed E-state index contributed by atoms with van der Waals surface area (Å²) in [6.07, 6.45) is 3.32. The number of hydrogen-bond acceptors (Lipinski definition) is 4. The monoisotopic (exact) mass is 345 g/mol. The van der Waals surface area contributed by atoms with Crippen molar-refractivity contribution in [3.63, 3.8) is 0 Å². The maximum absolute atomic E-state index is 12.3. The largest absolute Gasteiger partial charge is 0.381 e. The smallest absolute Gasteiger partial charge is 0.325 e. The van der Waals surface area contributed by atoms with Crippen LogP contribution in [-0.2, 0) is 9.53 Å². The van der Waals surface area contributed by atoms with Crippen LogP contribution in [0.2, 0.25) is 0 Å². The molecule has 1 aliphatic carbocycles. The number of ether oxygens (including phenoxy) is 1. The van der Waals surface area contributed by atoms with Gasteiger partial charge in [-0.05, 0) is 56.2 Å². The van der Waals surface area contributed by atoms with E-state index in [1.807, 2.05) is 32.0 Å².